The van der Waals surface area contributed by atoms with Crippen LogP contribution in [0.2, 0.25) is 0 Å². The molecule has 2 heterocycles. The molecule has 3 rings (SSSR count). The van der Waals surface area contributed by atoms with E-state index < -0.39 is 0 Å². The van der Waals surface area contributed by atoms with Gasteiger partial charge in [0.15, 0.2) is 5.82 Å². The Morgan fingerprint density at radius 1 is 1.33 bits per heavy atom. The molecule has 0 unspecified atom stereocenters. The Kier molecular flexibility index (Phi) is 4.17. The van der Waals surface area contributed by atoms with Crippen molar-refractivity contribution in [2.45, 2.75) is 43.2 Å². The molecule has 0 saturated carbocycles. The highest BCUT2D eigenvalue weighted by Gasteiger charge is 2.30. The maximum absolute atomic E-state index is 5.33. The van der Waals surface area contributed by atoms with E-state index in [0.717, 1.165) is 0 Å². The van der Waals surface area contributed by atoms with Crippen LogP contribution in [0.3, 0.4) is 0 Å². The van der Waals surface area contributed by atoms with Crippen LogP contribution in [0.25, 0.3) is 0 Å². The second kappa shape index (κ2) is 6.07. The lowest BCUT2D eigenvalue weighted by Crippen LogP contribution is -2.41. The number of anilines is 1. The second-order valence-electron chi connectivity index (χ2n) is 5.20. The summed E-state index contributed by atoms with van der Waals surface area (Å²) in [5.41, 5.74) is 1.24. The highest BCUT2D eigenvalue weighted by molar-refractivity contribution is 8.00. The predicted octanol–water partition coefficient (Wildman–Crippen LogP) is 3.11. The number of benzene rings is 1. The third-order valence-electron chi connectivity index (χ3n) is 3.75. The molecule has 0 bridgehead atoms. The zero-order valence-corrected chi connectivity index (χ0v) is 13.3. The predicted molar refractivity (Wildman–Crippen MR) is 82.4 cm³/mol. The lowest BCUT2D eigenvalue weighted by Gasteiger charge is -2.39. The number of hydrogen-bond donors (Lipinski definition) is 0. The van der Waals surface area contributed by atoms with E-state index in [1.165, 1.54) is 10.6 Å². The largest absolute Gasteiger partial charge is 0.377 e. The van der Waals surface area contributed by atoms with E-state index in [2.05, 4.69) is 53.2 Å². The highest BCUT2D eigenvalue weighted by Crippen LogP contribution is 2.41. The summed E-state index contributed by atoms with van der Waals surface area (Å²) in [5, 5.41) is 4.44. The minimum Gasteiger partial charge on any atom is -0.377 e. The Morgan fingerprint density at radius 2 is 2.14 bits per heavy atom. The van der Waals surface area contributed by atoms with Gasteiger partial charge >= 0.3 is 0 Å². The van der Waals surface area contributed by atoms with Crippen molar-refractivity contribution < 1.29 is 9.26 Å². The lowest BCUT2D eigenvalue weighted by molar-refractivity contribution is 0.174. The summed E-state index contributed by atoms with van der Waals surface area (Å²) in [6.45, 7) is 5.49. The molecule has 2 aromatic rings. The number of hydrogen-bond acceptors (Lipinski definition) is 6. The van der Waals surface area contributed by atoms with Crippen molar-refractivity contribution in [3.63, 3.8) is 0 Å². The van der Waals surface area contributed by atoms with E-state index in [0.29, 0.717) is 36.2 Å². The molecule has 0 spiro atoms. The average Bonchev–Trinajstić information content (AvgIpc) is 2.92. The van der Waals surface area contributed by atoms with Gasteiger partial charge in [-0.05, 0) is 19.1 Å². The van der Waals surface area contributed by atoms with Crippen molar-refractivity contribution in [3.8, 4) is 0 Å². The van der Waals surface area contributed by atoms with Crippen molar-refractivity contribution in [2.75, 3.05) is 12.0 Å². The number of aromatic nitrogens is 2. The molecule has 2 atom stereocenters. The molecule has 112 valence electrons. The number of fused-ring (bicyclic) bond motifs is 1. The van der Waals surface area contributed by atoms with Gasteiger partial charge in [-0.25, -0.2) is 0 Å². The molecule has 0 saturated heterocycles. The normalized spacial score (nSPS) is 21.4. The summed E-state index contributed by atoms with van der Waals surface area (Å²) in [4.78, 5) is 8.01. The van der Waals surface area contributed by atoms with E-state index in [-0.39, 0.29) is 0 Å². The minimum atomic E-state index is 0.377. The van der Waals surface area contributed by atoms with Gasteiger partial charge in [-0.1, -0.05) is 24.2 Å². The van der Waals surface area contributed by atoms with Gasteiger partial charge in [-0.15, -0.1) is 11.8 Å². The van der Waals surface area contributed by atoms with E-state index in [4.69, 9.17) is 9.26 Å². The number of rotatable bonds is 4. The van der Waals surface area contributed by atoms with Gasteiger partial charge in [-0.2, -0.15) is 4.98 Å². The van der Waals surface area contributed by atoms with Crippen LogP contribution in [-0.2, 0) is 17.9 Å². The number of nitrogens with zero attached hydrogens (tertiary/aromatic N) is 3. The number of para-hydroxylation sites is 1. The molecule has 0 N–H and O–H groups in total. The molecule has 1 aromatic heterocycles. The monoisotopic (exact) mass is 305 g/mol. The highest BCUT2D eigenvalue weighted by atomic mass is 32.2. The summed E-state index contributed by atoms with van der Waals surface area (Å²) in [6, 6.07) is 8.87. The van der Waals surface area contributed by atoms with Crippen LogP contribution in [0.1, 0.15) is 25.6 Å². The van der Waals surface area contributed by atoms with Crippen LogP contribution < -0.4 is 4.90 Å². The van der Waals surface area contributed by atoms with Gasteiger partial charge in [-0.3, -0.25) is 0 Å². The van der Waals surface area contributed by atoms with Crippen molar-refractivity contribution in [3.05, 3.63) is 36.0 Å². The molecule has 0 amide bonds. The van der Waals surface area contributed by atoms with Crippen LogP contribution in [0.15, 0.2) is 33.7 Å². The SMILES string of the molecule is COCc1noc(CN2c3ccccc3S[C@H](C)[C@@H]2C)n1. The van der Waals surface area contributed by atoms with Crippen molar-refractivity contribution in [1.29, 1.82) is 0 Å². The summed E-state index contributed by atoms with van der Waals surface area (Å²) in [6.07, 6.45) is 0. The van der Waals surface area contributed by atoms with Gasteiger partial charge < -0.3 is 14.2 Å². The molecule has 0 radical (unpaired) electrons. The van der Waals surface area contributed by atoms with Crippen molar-refractivity contribution in [1.82, 2.24) is 10.1 Å². The maximum atomic E-state index is 5.33. The average molecular weight is 305 g/mol. The summed E-state index contributed by atoms with van der Waals surface area (Å²) in [5.74, 6) is 1.22. The van der Waals surface area contributed by atoms with Gasteiger partial charge in [0, 0.05) is 23.3 Å². The maximum Gasteiger partial charge on any atom is 0.246 e. The first-order valence-electron chi connectivity index (χ1n) is 7.01. The van der Waals surface area contributed by atoms with Gasteiger partial charge in [0.2, 0.25) is 5.89 Å². The number of ether oxygens (including phenoxy) is 1. The molecule has 0 fully saturated rings. The molecular formula is C15H19N3O2S. The Hall–Kier alpha value is -1.53. The molecule has 21 heavy (non-hydrogen) atoms. The zero-order valence-electron chi connectivity index (χ0n) is 12.4. The Bertz CT molecular complexity index is 616. The molecular weight excluding hydrogens is 286 g/mol. The Balaban J connectivity index is 1.85. The van der Waals surface area contributed by atoms with Gasteiger partial charge in [0.05, 0.1) is 12.2 Å². The van der Waals surface area contributed by atoms with Gasteiger partial charge in [0.1, 0.15) is 6.61 Å². The fourth-order valence-electron chi connectivity index (χ4n) is 2.48. The number of thioether (sulfide) groups is 1. The smallest absolute Gasteiger partial charge is 0.246 e. The number of methoxy groups -OCH3 is 1. The third kappa shape index (κ3) is 2.91. The van der Waals surface area contributed by atoms with Crippen LogP contribution >= 0.6 is 11.8 Å². The fraction of sp³-hybridized carbons (Fsp3) is 0.467. The van der Waals surface area contributed by atoms with Crippen LogP contribution in [0.5, 0.6) is 0 Å². The van der Waals surface area contributed by atoms with E-state index in [1.54, 1.807) is 7.11 Å². The molecule has 0 aliphatic carbocycles. The molecule has 1 aliphatic heterocycles. The van der Waals surface area contributed by atoms with Gasteiger partial charge in [0.25, 0.3) is 0 Å². The Morgan fingerprint density at radius 3 is 2.95 bits per heavy atom. The first kappa shape index (κ1) is 14.4. The van der Waals surface area contributed by atoms with E-state index >= 15 is 0 Å². The molecule has 6 heteroatoms. The lowest BCUT2D eigenvalue weighted by atomic mass is 10.1. The molecule has 5 nitrogen and oxygen atoms in total. The molecule has 1 aromatic carbocycles. The summed E-state index contributed by atoms with van der Waals surface area (Å²) < 4.78 is 10.4. The summed E-state index contributed by atoms with van der Waals surface area (Å²) in [7, 11) is 1.62. The van der Waals surface area contributed by atoms with Crippen LogP contribution in [0.4, 0.5) is 5.69 Å². The first-order chi connectivity index (χ1) is 10.2. The second-order valence-corrected chi connectivity index (χ2v) is 6.62. The Labute approximate surface area is 128 Å². The topological polar surface area (TPSA) is 51.4 Å². The van der Waals surface area contributed by atoms with Crippen molar-refractivity contribution in [2.24, 2.45) is 0 Å². The third-order valence-corrected chi connectivity index (χ3v) is 5.11. The fourth-order valence-corrected chi connectivity index (χ4v) is 3.69. The summed E-state index contributed by atoms with van der Waals surface area (Å²) >= 11 is 1.92. The van der Waals surface area contributed by atoms with Crippen LogP contribution in [0, 0.1) is 0 Å². The van der Waals surface area contributed by atoms with Crippen molar-refractivity contribution >= 4 is 17.4 Å². The van der Waals surface area contributed by atoms with E-state index in [9.17, 15) is 0 Å². The molecule has 1 aliphatic rings. The zero-order chi connectivity index (χ0) is 14.8. The van der Waals surface area contributed by atoms with Crippen LogP contribution in [-0.4, -0.2) is 28.5 Å². The quantitative estimate of drug-likeness (QED) is 0.865. The first-order valence-corrected chi connectivity index (χ1v) is 7.89. The van der Waals surface area contributed by atoms with E-state index in [1.807, 2.05) is 11.8 Å². The standard InChI is InChI=1S/C15H19N3O2S/c1-10-11(2)21-13-7-5-4-6-12(13)18(10)8-15-16-14(9-19-3)17-20-15/h4-7,10-11H,8-9H2,1-3H3/t10-,11+/m0/s1. The minimum absolute atomic E-state index is 0.377.